The molecular formula is C11H20N6O. The summed E-state index contributed by atoms with van der Waals surface area (Å²) in [5.74, 6) is 0.548. The minimum atomic E-state index is -0.410. The number of aromatic amines is 1. The molecule has 7 nitrogen and oxygen atoms in total. The molecule has 0 saturated carbocycles. The highest BCUT2D eigenvalue weighted by molar-refractivity contribution is 5.86. The van der Waals surface area contributed by atoms with Crippen LogP contribution in [0.5, 0.6) is 0 Å². The fourth-order valence-electron chi connectivity index (χ4n) is 2.51. The molecule has 18 heavy (non-hydrogen) atoms. The molecule has 0 aromatic carbocycles. The SMILES string of the molecule is CCCC1(C(=O)NC(C)c2nn[nH]n2)CCCN1. The molecule has 1 aliphatic rings. The second-order valence-corrected chi connectivity index (χ2v) is 4.83. The molecule has 1 saturated heterocycles. The van der Waals surface area contributed by atoms with Crippen LogP contribution in [0.15, 0.2) is 0 Å². The van der Waals surface area contributed by atoms with Gasteiger partial charge in [-0.1, -0.05) is 18.6 Å². The fraction of sp³-hybridized carbons (Fsp3) is 0.818. The Bertz CT molecular complexity index is 384. The van der Waals surface area contributed by atoms with Crippen molar-refractivity contribution in [1.82, 2.24) is 31.3 Å². The number of carbonyl (C=O) groups is 1. The van der Waals surface area contributed by atoms with E-state index < -0.39 is 5.54 Å². The minimum Gasteiger partial charge on any atom is -0.345 e. The first-order chi connectivity index (χ1) is 8.68. The number of carbonyl (C=O) groups excluding carboxylic acids is 1. The van der Waals surface area contributed by atoms with E-state index in [1.165, 1.54) is 0 Å². The Kier molecular flexibility index (Phi) is 3.90. The van der Waals surface area contributed by atoms with E-state index in [1.807, 2.05) is 6.92 Å². The van der Waals surface area contributed by atoms with E-state index in [0.29, 0.717) is 5.82 Å². The number of amides is 1. The summed E-state index contributed by atoms with van der Waals surface area (Å²) in [5.41, 5.74) is -0.410. The van der Waals surface area contributed by atoms with E-state index in [1.54, 1.807) is 0 Å². The zero-order valence-corrected chi connectivity index (χ0v) is 10.9. The maximum atomic E-state index is 12.4. The van der Waals surface area contributed by atoms with Gasteiger partial charge in [0.2, 0.25) is 5.91 Å². The largest absolute Gasteiger partial charge is 0.345 e. The zero-order valence-electron chi connectivity index (χ0n) is 10.9. The lowest BCUT2D eigenvalue weighted by Crippen LogP contribution is -2.53. The van der Waals surface area contributed by atoms with Gasteiger partial charge in [0, 0.05) is 0 Å². The Labute approximate surface area is 106 Å². The molecule has 2 unspecified atom stereocenters. The maximum absolute atomic E-state index is 12.4. The Morgan fingerprint density at radius 2 is 2.44 bits per heavy atom. The summed E-state index contributed by atoms with van der Waals surface area (Å²) in [5, 5.41) is 20.0. The van der Waals surface area contributed by atoms with E-state index in [4.69, 9.17) is 0 Å². The summed E-state index contributed by atoms with van der Waals surface area (Å²) in [6, 6.07) is -0.229. The molecule has 100 valence electrons. The van der Waals surface area contributed by atoms with E-state index in [2.05, 4.69) is 38.2 Å². The van der Waals surface area contributed by atoms with Gasteiger partial charge in [-0.05, 0) is 32.7 Å². The van der Waals surface area contributed by atoms with Crippen LogP contribution in [-0.4, -0.2) is 38.6 Å². The summed E-state index contributed by atoms with van der Waals surface area (Å²) < 4.78 is 0. The lowest BCUT2D eigenvalue weighted by molar-refractivity contribution is -0.128. The monoisotopic (exact) mass is 252 g/mol. The molecule has 1 aromatic heterocycles. The summed E-state index contributed by atoms with van der Waals surface area (Å²) in [7, 11) is 0. The van der Waals surface area contributed by atoms with Gasteiger partial charge in [0.1, 0.15) is 0 Å². The summed E-state index contributed by atoms with van der Waals surface area (Å²) in [4.78, 5) is 12.4. The molecule has 0 bridgehead atoms. The summed E-state index contributed by atoms with van der Waals surface area (Å²) in [6.45, 7) is 4.86. The predicted molar refractivity (Wildman–Crippen MR) is 65.6 cm³/mol. The third kappa shape index (κ3) is 2.50. The summed E-state index contributed by atoms with van der Waals surface area (Å²) >= 11 is 0. The molecule has 7 heteroatoms. The van der Waals surface area contributed by atoms with Crippen LogP contribution in [0.2, 0.25) is 0 Å². The minimum absolute atomic E-state index is 0.0409. The first-order valence-corrected chi connectivity index (χ1v) is 6.47. The molecule has 0 radical (unpaired) electrons. The van der Waals surface area contributed by atoms with Crippen molar-refractivity contribution in [2.24, 2.45) is 0 Å². The maximum Gasteiger partial charge on any atom is 0.240 e. The van der Waals surface area contributed by atoms with E-state index in [0.717, 1.165) is 32.2 Å². The first-order valence-electron chi connectivity index (χ1n) is 6.47. The number of aromatic nitrogens is 4. The molecule has 3 N–H and O–H groups in total. The van der Waals surface area contributed by atoms with Crippen molar-refractivity contribution >= 4 is 5.91 Å². The Morgan fingerprint density at radius 1 is 1.61 bits per heavy atom. The molecule has 2 heterocycles. The Morgan fingerprint density at radius 3 is 3.00 bits per heavy atom. The van der Waals surface area contributed by atoms with Crippen molar-refractivity contribution in [3.63, 3.8) is 0 Å². The first kappa shape index (κ1) is 12.9. The highest BCUT2D eigenvalue weighted by Gasteiger charge is 2.40. The predicted octanol–water partition coefficient (Wildman–Crippen LogP) is 0.299. The second kappa shape index (κ2) is 5.43. The van der Waals surface area contributed by atoms with Crippen molar-refractivity contribution in [3.05, 3.63) is 5.82 Å². The van der Waals surface area contributed by atoms with E-state index in [9.17, 15) is 4.79 Å². The molecule has 0 spiro atoms. The van der Waals surface area contributed by atoms with Gasteiger partial charge in [-0.15, -0.1) is 10.2 Å². The van der Waals surface area contributed by atoms with Crippen molar-refractivity contribution < 1.29 is 4.79 Å². The van der Waals surface area contributed by atoms with Gasteiger partial charge >= 0.3 is 0 Å². The van der Waals surface area contributed by atoms with Crippen LogP contribution >= 0.6 is 0 Å². The summed E-state index contributed by atoms with van der Waals surface area (Å²) in [6.07, 6.45) is 3.78. The number of hydrogen-bond donors (Lipinski definition) is 3. The Balaban J connectivity index is 2.01. The standard InChI is InChI=1S/C11H20N6O/c1-3-5-11(6-4-7-12-11)10(18)13-8(2)9-14-16-17-15-9/h8,12H,3-7H2,1-2H3,(H,13,18)(H,14,15,16,17). The number of hydrogen-bond acceptors (Lipinski definition) is 5. The molecule has 1 amide bonds. The van der Waals surface area contributed by atoms with Gasteiger partial charge in [-0.3, -0.25) is 4.79 Å². The van der Waals surface area contributed by atoms with Crippen LogP contribution in [0, 0.1) is 0 Å². The number of nitrogens with one attached hydrogen (secondary N) is 3. The van der Waals surface area contributed by atoms with Gasteiger partial charge in [-0.2, -0.15) is 5.21 Å². The highest BCUT2D eigenvalue weighted by Crippen LogP contribution is 2.25. The van der Waals surface area contributed by atoms with Gasteiger partial charge < -0.3 is 10.6 Å². The topological polar surface area (TPSA) is 95.6 Å². The van der Waals surface area contributed by atoms with Crippen molar-refractivity contribution in [2.75, 3.05) is 6.54 Å². The van der Waals surface area contributed by atoms with Crippen LogP contribution in [-0.2, 0) is 4.79 Å². The van der Waals surface area contributed by atoms with E-state index in [-0.39, 0.29) is 11.9 Å². The molecule has 1 aliphatic heterocycles. The molecule has 0 aliphatic carbocycles. The third-order valence-electron chi connectivity index (χ3n) is 3.45. The third-order valence-corrected chi connectivity index (χ3v) is 3.45. The highest BCUT2D eigenvalue weighted by atomic mass is 16.2. The number of tetrazole rings is 1. The van der Waals surface area contributed by atoms with Gasteiger partial charge in [0.15, 0.2) is 5.82 Å². The smallest absolute Gasteiger partial charge is 0.240 e. The number of rotatable bonds is 5. The van der Waals surface area contributed by atoms with E-state index >= 15 is 0 Å². The lowest BCUT2D eigenvalue weighted by atomic mass is 9.90. The van der Waals surface area contributed by atoms with Crippen molar-refractivity contribution in [1.29, 1.82) is 0 Å². The normalized spacial score (nSPS) is 25.0. The van der Waals surface area contributed by atoms with Crippen LogP contribution in [0.4, 0.5) is 0 Å². The van der Waals surface area contributed by atoms with Gasteiger partial charge in [-0.25, -0.2) is 0 Å². The lowest BCUT2D eigenvalue weighted by Gasteiger charge is -2.29. The van der Waals surface area contributed by atoms with Crippen LogP contribution in [0.3, 0.4) is 0 Å². The van der Waals surface area contributed by atoms with Crippen molar-refractivity contribution in [2.45, 2.75) is 51.1 Å². The Hall–Kier alpha value is -1.50. The molecule has 1 fully saturated rings. The number of H-pyrrole nitrogens is 1. The molecular weight excluding hydrogens is 232 g/mol. The van der Waals surface area contributed by atoms with Gasteiger partial charge in [0.05, 0.1) is 11.6 Å². The molecule has 2 rings (SSSR count). The zero-order chi connectivity index (χ0) is 13.0. The average Bonchev–Trinajstić information content (AvgIpc) is 3.00. The average molecular weight is 252 g/mol. The molecule has 2 atom stereocenters. The number of nitrogens with zero attached hydrogens (tertiary/aromatic N) is 3. The second-order valence-electron chi connectivity index (χ2n) is 4.83. The van der Waals surface area contributed by atoms with Crippen molar-refractivity contribution in [3.8, 4) is 0 Å². The molecule has 1 aromatic rings. The van der Waals surface area contributed by atoms with Crippen LogP contribution < -0.4 is 10.6 Å². The van der Waals surface area contributed by atoms with Gasteiger partial charge in [0.25, 0.3) is 0 Å². The fourth-order valence-corrected chi connectivity index (χ4v) is 2.51. The quantitative estimate of drug-likeness (QED) is 0.700. The van der Waals surface area contributed by atoms with Crippen LogP contribution in [0.25, 0.3) is 0 Å². The van der Waals surface area contributed by atoms with Crippen LogP contribution in [0.1, 0.15) is 51.4 Å².